The van der Waals surface area contributed by atoms with Crippen LogP contribution in [0.15, 0.2) is 43.0 Å². The first-order chi connectivity index (χ1) is 14.6. The highest BCUT2D eigenvalue weighted by molar-refractivity contribution is 6.05. The Morgan fingerprint density at radius 3 is 2.73 bits per heavy atom. The van der Waals surface area contributed by atoms with Gasteiger partial charge in [-0.3, -0.25) is 0 Å². The summed E-state index contributed by atoms with van der Waals surface area (Å²) in [5, 5.41) is 17.9. The molecule has 0 unspecified atom stereocenters. The lowest BCUT2D eigenvalue weighted by Crippen LogP contribution is -2.05. The van der Waals surface area contributed by atoms with Crippen LogP contribution in [0.1, 0.15) is 17.7 Å². The van der Waals surface area contributed by atoms with Gasteiger partial charge in [-0.1, -0.05) is 36.4 Å². The lowest BCUT2D eigenvalue weighted by atomic mass is 10.0. The van der Waals surface area contributed by atoms with Gasteiger partial charge >= 0.3 is 0 Å². The van der Waals surface area contributed by atoms with E-state index in [0.717, 1.165) is 22.4 Å². The number of fused-ring (bicyclic) bond motifs is 1. The molecule has 0 radical (unpaired) electrons. The standard InChI is InChI=1S/C21H20N8O/c1-14-4-6-15(7-5-14)18-16(12-17(23-2)29-10-8-26-27-29)28(9-3-11-30)21-19(18)20(22)24-13-25-21/h4-8,10,12-13,30H,3,9,11H2,1H3,(H2,22,24,25)/b17-12+. The van der Waals surface area contributed by atoms with E-state index >= 15 is 0 Å². The molecular formula is C21H20N8O. The molecule has 1 aromatic carbocycles. The maximum absolute atomic E-state index is 9.42. The molecule has 0 amide bonds. The molecule has 3 heterocycles. The number of aromatic nitrogens is 6. The van der Waals surface area contributed by atoms with E-state index in [1.165, 1.54) is 17.2 Å². The van der Waals surface area contributed by atoms with Crippen LogP contribution in [0.4, 0.5) is 5.82 Å². The minimum Gasteiger partial charge on any atom is -0.396 e. The second-order valence-electron chi connectivity index (χ2n) is 6.77. The number of nitrogens with zero attached hydrogens (tertiary/aromatic N) is 7. The number of nitrogen functional groups attached to an aromatic ring is 1. The number of anilines is 1. The van der Waals surface area contributed by atoms with Gasteiger partial charge in [0, 0.05) is 29.6 Å². The van der Waals surface area contributed by atoms with Gasteiger partial charge in [0.05, 0.1) is 11.6 Å². The fourth-order valence-electron chi connectivity index (χ4n) is 3.43. The first-order valence-corrected chi connectivity index (χ1v) is 9.40. The van der Waals surface area contributed by atoms with E-state index < -0.39 is 0 Å². The molecule has 0 atom stereocenters. The first kappa shape index (κ1) is 19.3. The number of aliphatic hydroxyl groups excluding tert-OH is 1. The highest BCUT2D eigenvalue weighted by Crippen LogP contribution is 2.38. The highest BCUT2D eigenvalue weighted by Gasteiger charge is 2.21. The molecule has 0 saturated heterocycles. The molecule has 0 aliphatic rings. The average Bonchev–Trinajstić information content (AvgIpc) is 3.38. The van der Waals surface area contributed by atoms with E-state index in [9.17, 15) is 5.11 Å². The second-order valence-corrected chi connectivity index (χ2v) is 6.77. The van der Waals surface area contributed by atoms with Gasteiger partial charge in [-0.25, -0.2) is 9.97 Å². The fourth-order valence-corrected chi connectivity index (χ4v) is 3.43. The van der Waals surface area contributed by atoms with Crippen LogP contribution in [0, 0.1) is 13.5 Å². The van der Waals surface area contributed by atoms with Gasteiger partial charge in [-0.15, -0.1) is 9.78 Å². The van der Waals surface area contributed by atoms with E-state index in [1.54, 1.807) is 12.3 Å². The molecule has 0 aliphatic carbocycles. The summed E-state index contributed by atoms with van der Waals surface area (Å²) in [4.78, 5) is 12.3. The van der Waals surface area contributed by atoms with E-state index in [0.29, 0.717) is 29.8 Å². The van der Waals surface area contributed by atoms with Crippen molar-refractivity contribution in [1.29, 1.82) is 0 Å². The summed E-state index contributed by atoms with van der Waals surface area (Å²) >= 11 is 0. The van der Waals surface area contributed by atoms with Gasteiger partial charge < -0.3 is 20.3 Å². The summed E-state index contributed by atoms with van der Waals surface area (Å²) < 4.78 is 3.37. The number of aryl methyl sites for hydroxylation is 2. The van der Waals surface area contributed by atoms with Crippen LogP contribution in [0.25, 0.3) is 38.9 Å². The van der Waals surface area contributed by atoms with Crippen molar-refractivity contribution in [2.45, 2.75) is 19.9 Å². The minimum atomic E-state index is 0.0298. The van der Waals surface area contributed by atoms with E-state index in [1.807, 2.05) is 35.8 Å². The molecule has 30 heavy (non-hydrogen) atoms. The fraction of sp³-hybridized carbons (Fsp3) is 0.190. The van der Waals surface area contributed by atoms with Crippen molar-refractivity contribution in [1.82, 2.24) is 29.5 Å². The normalized spacial score (nSPS) is 11.7. The molecule has 4 aromatic rings. The van der Waals surface area contributed by atoms with Crippen molar-refractivity contribution in [2.75, 3.05) is 12.3 Å². The predicted molar refractivity (Wildman–Crippen MR) is 115 cm³/mol. The quantitative estimate of drug-likeness (QED) is 0.481. The third-order valence-corrected chi connectivity index (χ3v) is 4.83. The molecular weight excluding hydrogens is 380 g/mol. The number of hydrogen-bond donors (Lipinski definition) is 2. The van der Waals surface area contributed by atoms with Crippen molar-refractivity contribution in [3.05, 3.63) is 65.7 Å². The summed E-state index contributed by atoms with van der Waals surface area (Å²) in [6, 6.07) is 8.06. The Labute approximate surface area is 172 Å². The van der Waals surface area contributed by atoms with E-state index in [-0.39, 0.29) is 12.4 Å². The Morgan fingerprint density at radius 2 is 2.07 bits per heavy atom. The van der Waals surface area contributed by atoms with Crippen LogP contribution in [0.5, 0.6) is 0 Å². The molecule has 3 N–H and O–H groups in total. The van der Waals surface area contributed by atoms with Crippen molar-refractivity contribution >= 4 is 28.7 Å². The van der Waals surface area contributed by atoms with Crippen molar-refractivity contribution in [3.63, 3.8) is 0 Å². The number of hydrogen-bond acceptors (Lipinski definition) is 6. The third-order valence-electron chi connectivity index (χ3n) is 4.83. The maximum Gasteiger partial charge on any atom is 0.258 e. The van der Waals surface area contributed by atoms with Crippen molar-refractivity contribution in [3.8, 4) is 11.1 Å². The van der Waals surface area contributed by atoms with Gasteiger partial charge in [0.25, 0.3) is 5.82 Å². The highest BCUT2D eigenvalue weighted by atomic mass is 16.3. The molecule has 3 aromatic heterocycles. The Kier molecular flexibility index (Phi) is 5.24. The Bertz CT molecular complexity index is 1250. The van der Waals surface area contributed by atoms with Crippen molar-refractivity contribution < 1.29 is 5.11 Å². The summed E-state index contributed by atoms with van der Waals surface area (Å²) in [6.07, 6.45) is 6.83. The molecule has 0 bridgehead atoms. The summed E-state index contributed by atoms with van der Waals surface area (Å²) in [5.74, 6) is 0.638. The van der Waals surface area contributed by atoms with Crippen molar-refractivity contribution in [2.24, 2.45) is 0 Å². The molecule has 0 fully saturated rings. The van der Waals surface area contributed by atoms with Crippen LogP contribution in [-0.4, -0.2) is 41.2 Å². The average molecular weight is 400 g/mol. The smallest absolute Gasteiger partial charge is 0.258 e. The monoisotopic (exact) mass is 400 g/mol. The maximum atomic E-state index is 9.42. The van der Waals surface area contributed by atoms with Gasteiger partial charge in [0.2, 0.25) is 0 Å². The van der Waals surface area contributed by atoms with E-state index in [2.05, 4.69) is 25.1 Å². The number of rotatable bonds is 6. The summed E-state index contributed by atoms with van der Waals surface area (Å²) in [5.41, 5.74) is 10.6. The Balaban J connectivity index is 2.08. The van der Waals surface area contributed by atoms with Crippen LogP contribution in [0.2, 0.25) is 0 Å². The first-order valence-electron chi connectivity index (χ1n) is 9.40. The lowest BCUT2D eigenvalue weighted by Gasteiger charge is -2.09. The number of aliphatic hydroxyl groups is 1. The molecule has 9 heteroatoms. The summed E-state index contributed by atoms with van der Waals surface area (Å²) in [6.45, 7) is 10.2. The predicted octanol–water partition coefficient (Wildman–Crippen LogP) is 2.84. The van der Waals surface area contributed by atoms with Crippen LogP contribution in [0.3, 0.4) is 0 Å². The zero-order chi connectivity index (χ0) is 21.1. The van der Waals surface area contributed by atoms with Gasteiger partial charge in [0.1, 0.15) is 24.0 Å². The summed E-state index contributed by atoms with van der Waals surface area (Å²) in [7, 11) is 0. The topological polar surface area (TPSA) is 112 Å². The Morgan fingerprint density at radius 1 is 1.27 bits per heavy atom. The van der Waals surface area contributed by atoms with Crippen LogP contribution >= 0.6 is 0 Å². The van der Waals surface area contributed by atoms with Gasteiger partial charge in [-0.05, 0) is 25.0 Å². The van der Waals surface area contributed by atoms with Crippen LogP contribution in [-0.2, 0) is 6.54 Å². The van der Waals surface area contributed by atoms with Gasteiger partial charge in [0.15, 0.2) is 0 Å². The number of benzene rings is 1. The molecule has 4 rings (SSSR count). The zero-order valence-electron chi connectivity index (χ0n) is 16.4. The SMILES string of the molecule is [C-]#[N+]/C(=C\c1c(-c2ccc(C)cc2)c2c(N)ncnc2n1CCCO)n1ccnn1. The van der Waals surface area contributed by atoms with E-state index in [4.69, 9.17) is 12.3 Å². The number of nitrogens with two attached hydrogens (primary N) is 1. The third kappa shape index (κ3) is 3.40. The molecule has 0 spiro atoms. The zero-order valence-corrected chi connectivity index (χ0v) is 16.4. The lowest BCUT2D eigenvalue weighted by molar-refractivity contribution is 0.280. The minimum absolute atomic E-state index is 0.0298. The molecule has 0 aliphatic heterocycles. The second kappa shape index (κ2) is 8.14. The van der Waals surface area contributed by atoms with Gasteiger partial charge in [-0.2, -0.15) is 0 Å². The molecule has 150 valence electrons. The molecule has 0 saturated carbocycles. The van der Waals surface area contributed by atoms with Crippen LogP contribution < -0.4 is 5.73 Å². The largest absolute Gasteiger partial charge is 0.396 e. The Hall–Kier alpha value is -4.03. The molecule has 9 nitrogen and oxygen atoms in total.